The lowest BCUT2D eigenvalue weighted by atomic mass is 9.93. The van der Waals surface area contributed by atoms with Crippen LogP contribution in [0.2, 0.25) is 0 Å². The van der Waals surface area contributed by atoms with E-state index in [1.165, 1.54) is 362 Å². The van der Waals surface area contributed by atoms with Crippen molar-refractivity contribution >= 4 is 54.2 Å². The van der Waals surface area contributed by atoms with Gasteiger partial charge in [-0.2, -0.15) is 0 Å². The molecular weight excluding hydrogens is 1420 g/mol. The highest BCUT2D eigenvalue weighted by Crippen LogP contribution is 2.24. The molecule has 664 valence electrons. The minimum atomic E-state index is -1.53. The Morgan fingerprint density at radius 1 is 0.295 bits per heavy atom. The number of Topliss-reactive ketones (excluding diaryl/α,β-unsaturated/α-hetero) is 1. The first-order chi connectivity index (χ1) is 54.2. The van der Waals surface area contributed by atoms with Gasteiger partial charge in [-0.3, -0.25) is 19.2 Å². The van der Waals surface area contributed by atoms with E-state index in [9.17, 15) is 38.7 Å². The molecule has 0 radical (unpaired) electrons. The number of carbonyl (C=O) groups is 9. The van der Waals surface area contributed by atoms with Gasteiger partial charge in [-0.15, -0.1) is 0 Å². The first kappa shape index (κ1) is 116. The molecule has 112 heavy (non-hydrogen) atoms. The summed E-state index contributed by atoms with van der Waals surface area (Å²) in [6.45, 7) is 12.5. The molecule has 0 heterocycles. The smallest absolute Gasteiger partial charge is 0.374 e. The highest BCUT2D eigenvalue weighted by atomic mass is 16.6. The highest BCUT2D eigenvalue weighted by molar-refractivity contribution is 6.33. The van der Waals surface area contributed by atoms with Crippen molar-refractivity contribution in [1.82, 2.24) is 0 Å². The van der Waals surface area contributed by atoms with Crippen molar-refractivity contribution in [2.45, 2.75) is 471 Å². The lowest BCUT2D eigenvalue weighted by molar-refractivity contribution is -0.172. The number of aliphatic hydroxyl groups excluding tert-OH is 3. The highest BCUT2D eigenvalue weighted by Gasteiger charge is 2.39. The Labute approximate surface area is 684 Å². The van der Waals surface area contributed by atoms with E-state index in [1.54, 1.807) is 6.92 Å². The zero-order chi connectivity index (χ0) is 84.4. The summed E-state index contributed by atoms with van der Waals surface area (Å²) in [6, 6.07) is 0. The largest absolute Gasteiger partial charge is 0.479 e. The van der Waals surface area contributed by atoms with Crippen LogP contribution < -0.4 is 0 Å². The third-order valence-corrected chi connectivity index (χ3v) is 20.8. The number of carbonyl (C=O) groups excluding carboxylic acids is 7. The first-order valence-corrected chi connectivity index (χ1v) is 45.7. The van der Waals surface area contributed by atoms with E-state index in [-0.39, 0.29) is 32.2 Å². The van der Waals surface area contributed by atoms with Gasteiger partial charge in [-0.05, 0) is 46.5 Å². The van der Waals surface area contributed by atoms with Crippen molar-refractivity contribution < 1.29 is 97.1 Å². The molecule has 0 fully saturated rings. The molecule has 20 heteroatoms. The van der Waals surface area contributed by atoms with Gasteiger partial charge in [0.2, 0.25) is 18.4 Å². The van der Waals surface area contributed by atoms with Crippen LogP contribution in [0.15, 0.2) is 0 Å². The summed E-state index contributed by atoms with van der Waals surface area (Å²) in [7, 11) is 2.65. The Hall–Kier alpha value is -4.37. The summed E-state index contributed by atoms with van der Waals surface area (Å²) in [5, 5.41) is 42.0. The van der Waals surface area contributed by atoms with Crippen molar-refractivity contribution in [3.05, 3.63) is 0 Å². The predicted octanol–water partition coefficient (Wildman–Crippen LogP) is 23.1. The maximum atomic E-state index is 13.0. The maximum absolute atomic E-state index is 13.0. The van der Waals surface area contributed by atoms with Crippen LogP contribution in [0, 0.1) is 5.41 Å². The molecule has 20 nitrogen and oxygen atoms in total. The topological polar surface area (TPSA) is 310 Å². The summed E-state index contributed by atoms with van der Waals surface area (Å²) >= 11 is 0. The normalized spacial score (nSPS) is 12.5. The average molecular weight is 1600 g/mol. The van der Waals surface area contributed by atoms with E-state index in [1.807, 2.05) is 0 Å². The van der Waals surface area contributed by atoms with E-state index in [2.05, 4.69) is 32.4 Å². The number of hydrogen-bond acceptors (Lipinski definition) is 18. The van der Waals surface area contributed by atoms with Crippen LogP contribution in [-0.2, 0) is 71.6 Å². The SMILES string of the molecule is CCCCCCCCCCCCCCCCCCO.CCCCCCCCCCCCCCCCCCOC(=O)C(C)(CO)OC.CCCCCCCCCCCCCCCCCCOC(=O)C(C)(COC(=O)C=O)COC(=O)C(=O)CCCCCCCCCCCCCCCCC.COC(C)(CO)C(=O)O.O=CC(=O)O. The van der Waals surface area contributed by atoms with E-state index >= 15 is 0 Å². The number of aliphatic hydroxyl groups is 3. The fourth-order valence-corrected chi connectivity index (χ4v) is 12.5. The zero-order valence-electron chi connectivity index (χ0n) is 73.7. The number of hydrogen-bond donors (Lipinski definition) is 5. The van der Waals surface area contributed by atoms with Crippen LogP contribution in [0.1, 0.15) is 459 Å². The number of rotatable bonds is 80. The fraction of sp³-hybridized carbons (Fsp3) is 0.902. The third kappa shape index (κ3) is 85.0. The molecule has 0 aromatic rings. The van der Waals surface area contributed by atoms with Crippen LogP contribution in [0.3, 0.4) is 0 Å². The van der Waals surface area contributed by atoms with Crippen LogP contribution in [0.4, 0.5) is 0 Å². The number of methoxy groups -OCH3 is 2. The number of aliphatic carboxylic acids is 2. The molecule has 0 aliphatic heterocycles. The number of esters is 4. The lowest BCUT2D eigenvalue weighted by Crippen LogP contribution is -2.42. The quantitative estimate of drug-likeness (QED) is 0.0124. The number of ether oxygens (including phenoxy) is 6. The Bertz CT molecular complexity index is 2060. The van der Waals surface area contributed by atoms with Crippen molar-refractivity contribution in [3.63, 3.8) is 0 Å². The Morgan fingerprint density at radius 3 is 0.741 bits per heavy atom. The van der Waals surface area contributed by atoms with Gasteiger partial charge >= 0.3 is 35.8 Å². The molecular formula is C92H176O20. The molecule has 0 aromatic carbocycles. The van der Waals surface area contributed by atoms with Gasteiger partial charge in [0.25, 0.3) is 0 Å². The van der Waals surface area contributed by atoms with Crippen LogP contribution in [-0.4, -0.2) is 151 Å². The summed E-state index contributed by atoms with van der Waals surface area (Å²) in [5.74, 6) is -6.54. The summed E-state index contributed by atoms with van der Waals surface area (Å²) in [5.41, 5.74) is -4.20. The maximum Gasteiger partial charge on any atom is 0.374 e. The Balaban J connectivity index is -0.000000522. The zero-order valence-corrected chi connectivity index (χ0v) is 73.7. The summed E-state index contributed by atoms with van der Waals surface area (Å²) in [4.78, 5) is 99.9. The molecule has 5 N–H and O–H groups in total. The molecule has 3 unspecified atom stereocenters. The minimum Gasteiger partial charge on any atom is -0.479 e. The fourth-order valence-electron chi connectivity index (χ4n) is 12.5. The first-order valence-electron chi connectivity index (χ1n) is 45.7. The van der Waals surface area contributed by atoms with Gasteiger partial charge in [0.1, 0.15) is 18.6 Å². The van der Waals surface area contributed by atoms with Gasteiger partial charge < -0.3 is 54.0 Å². The number of aldehydes is 2. The van der Waals surface area contributed by atoms with Crippen molar-refractivity contribution in [1.29, 1.82) is 0 Å². The number of ketones is 1. The van der Waals surface area contributed by atoms with Gasteiger partial charge in [0.15, 0.2) is 11.2 Å². The van der Waals surface area contributed by atoms with E-state index < -0.39 is 78.0 Å². The second-order valence-corrected chi connectivity index (χ2v) is 31.8. The molecule has 0 bridgehead atoms. The molecule has 0 saturated heterocycles. The van der Waals surface area contributed by atoms with E-state index in [0.29, 0.717) is 26.1 Å². The van der Waals surface area contributed by atoms with Crippen LogP contribution in [0.5, 0.6) is 0 Å². The summed E-state index contributed by atoms with van der Waals surface area (Å²) < 4.78 is 30.2. The summed E-state index contributed by atoms with van der Waals surface area (Å²) in [6.07, 6.45) is 81.4. The van der Waals surface area contributed by atoms with Crippen LogP contribution in [0.25, 0.3) is 0 Å². The monoisotopic (exact) mass is 1600 g/mol. The second-order valence-electron chi connectivity index (χ2n) is 31.8. The van der Waals surface area contributed by atoms with Gasteiger partial charge in [-0.25, -0.2) is 24.0 Å². The van der Waals surface area contributed by atoms with Gasteiger partial charge in [0.05, 0.1) is 26.4 Å². The van der Waals surface area contributed by atoms with E-state index in [4.69, 9.17) is 53.7 Å². The van der Waals surface area contributed by atoms with Crippen molar-refractivity contribution in [3.8, 4) is 0 Å². The molecule has 3 atom stereocenters. The predicted molar refractivity (Wildman–Crippen MR) is 455 cm³/mol. The molecule has 0 saturated carbocycles. The number of carboxylic acids is 2. The van der Waals surface area contributed by atoms with E-state index in [0.717, 1.165) is 57.8 Å². The molecule has 0 aliphatic carbocycles. The van der Waals surface area contributed by atoms with Crippen molar-refractivity contribution in [2.24, 2.45) is 5.41 Å². The molecule has 0 aromatic heterocycles. The molecule has 0 rings (SSSR count). The minimum absolute atomic E-state index is 0.00898. The molecule has 0 spiro atoms. The second kappa shape index (κ2) is 92.1. The molecule has 0 amide bonds. The Morgan fingerprint density at radius 2 is 0.527 bits per heavy atom. The standard InChI is InChI=1S/C44H80O8.C23H46O4.C18H38O.C5H10O4.C2H2O3/c1-4-6-8-10-12-14-16-18-20-22-24-26-28-30-32-34-36-50-43(49)44(3,38-51-41(47)37-45)39-52-42(48)40(46)35-33-31-29-27-25-23-21-19-17-15-13-11-9-7-5-2;1-4-5-6-7-8-9-10-11-12-13-14-15-16-17-18-19-20-27-22(25)23(2,21-24)26-3;1-2-3-4-5-6-7-8-9-10-11-12-13-14-15-16-17-18-19;1-5(3-6,9-2)4(7)8;3-1-2(4)5/h37H,4-36,38-39H2,1-3H3;24H,4-21H2,1-3H3;19H,2-18H2,1H3;6H,3H2,1-2H3,(H,7,8);1H,(H,4,5). The Kier molecular flexibility index (Phi) is 95.6. The van der Waals surface area contributed by atoms with Gasteiger partial charge in [-0.1, -0.05) is 407 Å². The molecule has 0 aliphatic rings. The number of carboxylic acid groups (broad SMARTS) is 2. The average Bonchev–Trinajstić information content (AvgIpc) is 0.707. The van der Waals surface area contributed by atoms with Gasteiger partial charge in [0, 0.05) is 27.2 Å². The lowest BCUT2D eigenvalue weighted by Gasteiger charge is -2.26. The van der Waals surface area contributed by atoms with Crippen LogP contribution >= 0.6 is 0 Å². The number of unbranched alkanes of at least 4 members (excludes halogenated alkanes) is 59. The third-order valence-electron chi connectivity index (χ3n) is 20.8. The van der Waals surface area contributed by atoms with Crippen molar-refractivity contribution in [2.75, 3.05) is 60.5 Å².